The Morgan fingerprint density at radius 1 is 1.12 bits per heavy atom. The Bertz CT molecular complexity index is 1090. The van der Waals surface area contributed by atoms with Crippen molar-refractivity contribution in [2.24, 2.45) is 5.84 Å². The van der Waals surface area contributed by atoms with Gasteiger partial charge in [0.05, 0.1) is 11.7 Å². The topological polar surface area (TPSA) is 110 Å². The number of aromatic nitrogens is 4. The Morgan fingerprint density at radius 2 is 2.00 bits per heavy atom. The number of carbonyl (C=O) groups excluding carboxylic acids is 1. The van der Waals surface area contributed by atoms with Crippen LogP contribution in [0.3, 0.4) is 0 Å². The normalized spacial score (nSPS) is 11.1. The molecular weight excluding hydrogens is 304 g/mol. The zero-order chi connectivity index (χ0) is 16.7. The second-order valence-electron chi connectivity index (χ2n) is 5.57. The summed E-state index contributed by atoms with van der Waals surface area (Å²) in [6.07, 6.45) is 1.79. The Balaban J connectivity index is 1.96. The highest BCUT2D eigenvalue weighted by molar-refractivity contribution is 6.00. The number of carbonyl (C=O) groups is 1. The molecule has 2 aromatic heterocycles. The molecule has 0 radical (unpaired) electrons. The predicted octanol–water partition coefficient (Wildman–Crippen LogP) is 2.09. The summed E-state index contributed by atoms with van der Waals surface area (Å²) >= 11 is 0. The summed E-state index contributed by atoms with van der Waals surface area (Å²) in [5, 5.41) is 17.1. The summed E-state index contributed by atoms with van der Waals surface area (Å²) < 4.78 is 0. The maximum absolute atomic E-state index is 11.6. The fourth-order valence-electron chi connectivity index (χ4n) is 2.86. The van der Waals surface area contributed by atoms with Gasteiger partial charge < -0.3 is 0 Å². The Labute approximate surface area is 136 Å². The molecule has 4 aromatic rings. The predicted molar refractivity (Wildman–Crippen MR) is 91.0 cm³/mol. The Hall–Kier alpha value is -3.32. The van der Waals surface area contributed by atoms with Gasteiger partial charge in [-0.1, -0.05) is 18.2 Å². The van der Waals surface area contributed by atoms with Crippen LogP contribution in [-0.2, 0) is 0 Å². The number of hydrogen-bond acceptors (Lipinski definition) is 5. The molecule has 0 saturated carbocycles. The van der Waals surface area contributed by atoms with Gasteiger partial charge in [0.15, 0.2) is 5.69 Å². The lowest BCUT2D eigenvalue weighted by atomic mass is 9.96. The zero-order valence-electron chi connectivity index (χ0n) is 12.9. The molecule has 0 fully saturated rings. The highest BCUT2D eigenvalue weighted by atomic mass is 16.2. The minimum absolute atomic E-state index is 0.185. The first-order valence-corrected chi connectivity index (χ1v) is 7.39. The number of benzene rings is 2. The quantitative estimate of drug-likeness (QED) is 0.298. The molecule has 2 aromatic carbocycles. The Kier molecular flexibility index (Phi) is 3.21. The molecule has 0 unspecified atom stereocenters. The Morgan fingerprint density at radius 3 is 2.83 bits per heavy atom. The molecule has 2 heterocycles. The van der Waals surface area contributed by atoms with Gasteiger partial charge in [-0.25, -0.2) is 5.84 Å². The number of nitrogen functional groups attached to an aromatic ring is 1. The second-order valence-corrected chi connectivity index (χ2v) is 5.57. The highest BCUT2D eigenvalue weighted by Crippen LogP contribution is 2.32. The summed E-state index contributed by atoms with van der Waals surface area (Å²) in [5.41, 5.74) is 7.07. The van der Waals surface area contributed by atoms with Crippen LogP contribution in [0.1, 0.15) is 16.1 Å². The molecule has 24 heavy (non-hydrogen) atoms. The van der Waals surface area contributed by atoms with Crippen LogP contribution in [0.2, 0.25) is 0 Å². The molecule has 0 aliphatic carbocycles. The molecule has 0 bridgehead atoms. The van der Waals surface area contributed by atoms with E-state index in [0.717, 1.165) is 38.5 Å². The van der Waals surface area contributed by atoms with Crippen LogP contribution < -0.4 is 11.3 Å². The number of nitrogens with two attached hydrogens (primary N) is 1. The molecule has 0 aliphatic rings. The summed E-state index contributed by atoms with van der Waals surface area (Å²) in [7, 11) is 0. The molecule has 118 valence electrons. The van der Waals surface area contributed by atoms with Crippen LogP contribution in [0, 0.1) is 6.92 Å². The SMILES string of the molecule is Cc1ccc2cc(C(=O)NN)nnc2c1-c1ccc2[nH]ncc2c1. The van der Waals surface area contributed by atoms with Crippen molar-refractivity contribution >= 4 is 27.7 Å². The molecule has 0 aliphatic heterocycles. The van der Waals surface area contributed by atoms with Crippen molar-refractivity contribution in [2.75, 3.05) is 0 Å². The third kappa shape index (κ3) is 2.19. The van der Waals surface area contributed by atoms with E-state index >= 15 is 0 Å². The fraction of sp³-hybridized carbons (Fsp3) is 0.0588. The van der Waals surface area contributed by atoms with Crippen LogP contribution in [0.25, 0.3) is 32.9 Å². The van der Waals surface area contributed by atoms with E-state index in [0.29, 0.717) is 0 Å². The number of aromatic amines is 1. The van der Waals surface area contributed by atoms with Crippen molar-refractivity contribution in [3.8, 4) is 11.1 Å². The van der Waals surface area contributed by atoms with Crippen LogP contribution >= 0.6 is 0 Å². The first kappa shape index (κ1) is 14.3. The largest absolute Gasteiger partial charge is 0.289 e. The number of hydrogen-bond donors (Lipinski definition) is 3. The summed E-state index contributed by atoms with van der Waals surface area (Å²) in [4.78, 5) is 11.6. The minimum atomic E-state index is -0.466. The van der Waals surface area contributed by atoms with E-state index in [2.05, 4.69) is 31.9 Å². The molecule has 1 amide bonds. The van der Waals surface area contributed by atoms with E-state index in [1.165, 1.54) is 0 Å². The molecule has 0 atom stereocenters. The molecule has 7 heteroatoms. The van der Waals surface area contributed by atoms with E-state index in [1.54, 1.807) is 12.3 Å². The maximum atomic E-state index is 11.6. The summed E-state index contributed by atoms with van der Waals surface area (Å²) in [5.74, 6) is 4.69. The van der Waals surface area contributed by atoms with Crippen molar-refractivity contribution < 1.29 is 4.79 Å². The van der Waals surface area contributed by atoms with Gasteiger partial charge in [-0.2, -0.15) is 5.10 Å². The van der Waals surface area contributed by atoms with Crippen molar-refractivity contribution in [1.29, 1.82) is 0 Å². The van der Waals surface area contributed by atoms with Gasteiger partial charge in [0.25, 0.3) is 5.91 Å². The molecule has 0 spiro atoms. The first-order chi connectivity index (χ1) is 11.7. The van der Waals surface area contributed by atoms with Crippen molar-refractivity contribution in [3.63, 3.8) is 0 Å². The monoisotopic (exact) mass is 318 g/mol. The average Bonchev–Trinajstić information content (AvgIpc) is 3.08. The molecule has 7 nitrogen and oxygen atoms in total. The number of nitrogens with one attached hydrogen (secondary N) is 2. The second kappa shape index (κ2) is 5.39. The smallest absolute Gasteiger partial charge is 0.285 e. The van der Waals surface area contributed by atoms with Gasteiger partial charge >= 0.3 is 0 Å². The third-order valence-electron chi connectivity index (χ3n) is 4.06. The van der Waals surface area contributed by atoms with Crippen LogP contribution in [0.15, 0.2) is 42.6 Å². The summed E-state index contributed by atoms with van der Waals surface area (Å²) in [6.45, 7) is 2.02. The molecule has 4 N–H and O–H groups in total. The van der Waals surface area contributed by atoms with E-state index in [4.69, 9.17) is 5.84 Å². The van der Waals surface area contributed by atoms with Gasteiger partial charge in [-0.05, 0) is 36.2 Å². The maximum Gasteiger partial charge on any atom is 0.285 e. The molecule has 0 saturated heterocycles. The molecular formula is C17H14N6O. The van der Waals surface area contributed by atoms with Crippen LogP contribution in [0.5, 0.6) is 0 Å². The number of fused-ring (bicyclic) bond motifs is 2. The van der Waals surface area contributed by atoms with Crippen LogP contribution in [-0.4, -0.2) is 26.3 Å². The standard InChI is InChI=1S/C17H14N6O/c1-9-2-3-11-7-14(17(24)20-18)22-23-16(11)15(9)10-4-5-13-12(6-10)8-19-21-13/h2-8H,18H2,1H3,(H,19,21)(H,20,24). The average molecular weight is 318 g/mol. The van der Waals surface area contributed by atoms with Gasteiger partial charge in [0, 0.05) is 16.3 Å². The van der Waals surface area contributed by atoms with Gasteiger partial charge in [-0.3, -0.25) is 15.3 Å². The minimum Gasteiger partial charge on any atom is -0.289 e. The van der Waals surface area contributed by atoms with E-state index in [-0.39, 0.29) is 5.69 Å². The number of nitrogens with zero attached hydrogens (tertiary/aromatic N) is 3. The van der Waals surface area contributed by atoms with E-state index in [9.17, 15) is 4.79 Å². The van der Waals surface area contributed by atoms with Crippen molar-refractivity contribution in [3.05, 3.63) is 53.9 Å². The number of rotatable bonds is 2. The van der Waals surface area contributed by atoms with E-state index < -0.39 is 5.91 Å². The summed E-state index contributed by atoms with van der Waals surface area (Å²) in [6, 6.07) is 11.7. The first-order valence-electron chi connectivity index (χ1n) is 7.39. The van der Waals surface area contributed by atoms with Gasteiger partial charge in [-0.15, -0.1) is 10.2 Å². The number of amides is 1. The van der Waals surface area contributed by atoms with Crippen LogP contribution in [0.4, 0.5) is 0 Å². The lowest BCUT2D eigenvalue weighted by Crippen LogP contribution is -2.30. The lowest BCUT2D eigenvalue weighted by molar-refractivity contribution is 0.0948. The van der Waals surface area contributed by atoms with Gasteiger partial charge in [0.1, 0.15) is 5.52 Å². The van der Waals surface area contributed by atoms with Crippen molar-refractivity contribution in [2.45, 2.75) is 6.92 Å². The van der Waals surface area contributed by atoms with Crippen molar-refractivity contribution in [1.82, 2.24) is 25.8 Å². The highest BCUT2D eigenvalue weighted by Gasteiger charge is 2.13. The zero-order valence-corrected chi connectivity index (χ0v) is 12.9. The number of H-pyrrole nitrogens is 1. The fourth-order valence-corrected chi connectivity index (χ4v) is 2.86. The number of aryl methyl sites for hydroxylation is 1. The van der Waals surface area contributed by atoms with Gasteiger partial charge in [0.2, 0.25) is 0 Å². The third-order valence-corrected chi connectivity index (χ3v) is 4.06. The van der Waals surface area contributed by atoms with E-state index in [1.807, 2.05) is 31.2 Å². The molecule has 4 rings (SSSR count). The lowest BCUT2D eigenvalue weighted by Gasteiger charge is -2.10. The number of hydrazine groups is 1.